The first-order valence-electron chi connectivity index (χ1n) is 11.7. The molecule has 4 rings (SSSR count). The molecule has 0 saturated heterocycles. The molecule has 0 aliphatic carbocycles. The minimum Gasteiger partial charge on any atom is -0.439 e. The first-order valence-corrected chi connectivity index (χ1v) is 11.7. The molecule has 1 amide bonds. The maximum Gasteiger partial charge on any atom is 0.254 e. The van der Waals surface area contributed by atoms with Gasteiger partial charge in [-0.05, 0) is 69.2 Å². The van der Waals surface area contributed by atoms with Crippen molar-refractivity contribution < 1.29 is 9.53 Å². The molecule has 34 heavy (non-hydrogen) atoms. The third-order valence-electron chi connectivity index (χ3n) is 5.77. The SMILES string of the molecule is CCCN(Cc1c(C)nn(-c2ccccc2)c1Oc1cccc(C)c1)C(=O)c1ccc(C)cc1. The average Bonchev–Trinajstić information content (AvgIpc) is 3.14. The zero-order valence-electron chi connectivity index (χ0n) is 20.3. The fraction of sp³-hybridized carbons (Fsp3) is 0.241. The van der Waals surface area contributed by atoms with Gasteiger partial charge in [0.1, 0.15) is 5.75 Å². The summed E-state index contributed by atoms with van der Waals surface area (Å²) < 4.78 is 8.27. The number of para-hydroxylation sites is 1. The topological polar surface area (TPSA) is 47.4 Å². The molecule has 1 heterocycles. The van der Waals surface area contributed by atoms with Crippen molar-refractivity contribution in [3.63, 3.8) is 0 Å². The first-order chi connectivity index (χ1) is 16.5. The highest BCUT2D eigenvalue weighted by Crippen LogP contribution is 2.32. The molecule has 5 nitrogen and oxygen atoms in total. The van der Waals surface area contributed by atoms with Crippen molar-refractivity contribution in [3.8, 4) is 17.3 Å². The third-order valence-corrected chi connectivity index (χ3v) is 5.77. The molecule has 174 valence electrons. The Hall–Kier alpha value is -3.86. The van der Waals surface area contributed by atoms with Gasteiger partial charge in [0, 0.05) is 12.1 Å². The molecule has 0 aliphatic rings. The van der Waals surface area contributed by atoms with Gasteiger partial charge < -0.3 is 9.64 Å². The zero-order chi connectivity index (χ0) is 24.1. The largest absolute Gasteiger partial charge is 0.439 e. The molecule has 0 radical (unpaired) electrons. The van der Waals surface area contributed by atoms with Gasteiger partial charge in [-0.3, -0.25) is 4.79 Å². The number of aromatic nitrogens is 2. The van der Waals surface area contributed by atoms with Crippen molar-refractivity contribution in [2.75, 3.05) is 6.54 Å². The molecule has 5 heteroatoms. The van der Waals surface area contributed by atoms with Gasteiger partial charge in [-0.25, -0.2) is 4.68 Å². The highest BCUT2D eigenvalue weighted by Gasteiger charge is 2.24. The fourth-order valence-electron chi connectivity index (χ4n) is 3.95. The van der Waals surface area contributed by atoms with Gasteiger partial charge in [-0.1, -0.05) is 55.0 Å². The van der Waals surface area contributed by atoms with E-state index < -0.39 is 0 Å². The van der Waals surface area contributed by atoms with Crippen molar-refractivity contribution in [3.05, 3.63) is 107 Å². The van der Waals surface area contributed by atoms with Gasteiger partial charge >= 0.3 is 0 Å². The number of nitrogens with zero attached hydrogens (tertiary/aromatic N) is 3. The van der Waals surface area contributed by atoms with E-state index in [0.29, 0.717) is 24.5 Å². The van der Waals surface area contributed by atoms with E-state index in [0.717, 1.165) is 40.2 Å². The summed E-state index contributed by atoms with van der Waals surface area (Å²) in [6, 6.07) is 25.6. The Labute approximate surface area is 201 Å². The third kappa shape index (κ3) is 5.20. The van der Waals surface area contributed by atoms with E-state index in [1.807, 2.05) is 109 Å². The quantitative estimate of drug-likeness (QED) is 0.300. The predicted octanol–water partition coefficient (Wildman–Crippen LogP) is 6.64. The van der Waals surface area contributed by atoms with Gasteiger partial charge in [-0.15, -0.1) is 0 Å². The molecule has 0 aliphatic heterocycles. The summed E-state index contributed by atoms with van der Waals surface area (Å²) in [5, 5.41) is 4.81. The molecule has 0 unspecified atom stereocenters. The number of hydrogen-bond donors (Lipinski definition) is 0. The summed E-state index contributed by atoms with van der Waals surface area (Å²) in [5.74, 6) is 1.38. The molecule has 3 aromatic carbocycles. The fourth-order valence-corrected chi connectivity index (χ4v) is 3.95. The molecule has 0 bridgehead atoms. The zero-order valence-corrected chi connectivity index (χ0v) is 20.3. The maximum atomic E-state index is 13.4. The molecule has 0 N–H and O–H groups in total. The molecule has 1 aromatic heterocycles. The lowest BCUT2D eigenvalue weighted by Gasteiger charge is -2.23. The summed E-state index contributed by atoms with van der Waals surface area (Å²) in [6.45, 7) is 9.18. The van der Waals surface area contributed by atoms with Crippen LogP contribution < -0.4 is 4.74 Å². The van der Waals surface area contributed by atoms with Crippen LogP contribution >= 0.6 is 0 Å². The smallest absolute Gasteiger partial charge is 0.254 e. The van der Waals surface area contributed by atoms with Crippen LogP contribution in [-0.2, 0) is 6.54 Å². The lowest BCUT2D eigenvalue weighted by molar-refractivity contribution is 0.0742. The number of aryl methyl sites for hydroxylation is 3. The van der Waals surface area contributed by atoms with Crippen LogP contribution in [0.1, 0.15) is 46.1 Å². The van der Waals surface area contributed by atoms with Crippen LogP contribution in [-0.4, -0.2) is 27.1 Å². The van der Waals surface area contributed by atoms with Crippen molar-refractivity contribution in [2.45, 2.75) is 40.7 Å². The van der Waals surface area contributed by atoms with Crippen molar-refractivity contribution >= 4 is 5.91 Å². The van der Waals surface area contributed by atoms with Crippen LogP contribution in [0, 0.1) is 20.8 Å². The second-order valence-corrected chi connectivity index (χ2v) is 8.63. The Morgan fingerprint density at radius 1 is 0.912 bits per heavy atom. The monoisotopic (exact) mass is 453 g/mol. The molecular formula is C29H31N3O2. The molecule has 0 atom stereocenters. The second-order valence-electron chi connectivity index (χ2n) is 8.63. The number of ether oxygens (including phenoxy) is 1. The van der Waals surface area contributed by atoms with E-state index in [1.54, 1.807) is 0 Å². The van der Waals surface area contributed by atoms with Crippen molar-refractivity contribution in [2.24, 2.45) is 0 Å². The summed E-state index contributed by atoms with van der Waals surface area (Å²) in [5.41, 5.74) is 5.58. The minimum absolute atomic E-state index is 0.00946. The van der Waals surface area contributed by atoms with E-state index in [9.17, 15) is 4.79 Å². The standard InChI is InChI=1S/C29H31N3O2/c1-5-18-31(28(33)24-16-14-21(2)15-17-24)20-27-23(4)30-32(25-11-7-6-8-12-25)29(27)34-26-13-9-10-22(3)19-26/h6-17,19H,5,18,20H2,1-4H3. The van der Waals surface area contributed by atoms with E-state index in [1.165, 1.54) is 0 Å². The minimum atomic E-state index is 0.00946. The van der Waals surface area contributed by atoms with Crippen LogP contribution in [0.4, 0.5) is 0 Å². The lowest BCUT2D eigenvalue weighted by Crippen LogP contribution is -2.31. The van der Waals surface area contributed by atoms with Crippen LogP contribution in [0.15, 0.2) is 78.9 Å². The molecule has 0 spiro atoms. The van der Waals surface area contributed by atoms with Crippen LogP contribution in [0.25, 0.3) is 5.69 Å². The molecule has 4 aromatic rings. The maximum absolute atomic E-state index is 13.4. The number of amides is 1. The van der Waals surface area contributed by atoms with Crippen LogP contribution in [0.2, 0.25) is 0 Å². The Balaban J connectivity index is 1.75. The van der Waals surface area contributed by atoms with Crippen LogP contribution in [0.5, 0.6) is 11.6 Å². The normalized spacial score (nSPS) is 10.8. The van der Waals surface area contributed by atoms with Gasteiger partial charge in [-0.2, -0.15) is 5.10 Å². The highest BCUT2D eigenvalue weighted by molar-refractivity contribution is 5.94. The number of carbonyl (C=O) groups is 1. The predicted molar refractivity (Wildman–Crippen MR) is 136 cm³/mol. The number of benzene rings is 3. The Bertz CT molecular complexity index is 1260. The van der Waals surface area contributed by atoms with Crippen molar-refractivity contribution in [1.29, 1.82) is 0 Å². The van der Waals surface area contributed by atoms with Crippen molar-refractivity contribution in [1.82, 2.24) is 14.7 Å². The number of carbonyl (C=O) groups excluding carboxylic acids is 1. The average molecular weight is 454 g/mol. The number of hydrogen-bond acceptors (Lipinski definition) is 3. The lowest BCUT2D eigenvalue weighted by atomic mass is 10.1. The Morgan fingerprint density at radius 2 is 1.65 bits per heavy atom. The number of rotatable bonds is 8. The summed E-state index contributed by atoms with van der Waals surface area (Å²) in [4.78, 5) is 15.3. The summed E-state index contributed by atoms with van der Waals surface area (Å²) in [7, 11) is 0. The van der Waals surface area contributed by atoms with Gasteiger partial charge in [0.05, 0.1) is 23.5 Å². The summed E-state index contributed by atoms with van der Waals surface area (Å²) >= 11 is 0. The van der Waals surface area contributed by atoms with E-state index in [-0.39, 0.29) is 5.91 Å². The molecular weight excluding hydrogens is 422 g/mol. The van der Waals surface area contributed by atoms with Crippen LogP contribution in [0.3, 0.4) is 0 Å². The molecule has 0 fully saturated rings. The first kappa shape index (κ1) is 23.3. The van der Waals surface area contributed by atoms with E-state index in [4.69, 9.17) is 9.84 Å². The van der Waals surface area contributed by atoms with Gasteiger partial charge in [0.25, 0.3) is 5.91 Å². The van der Waals surface area contributed by atoms with Gasteiger partial charge in [0.2, 0.25) is 5.88 Å². The molecule has 0 saturated carbocycles. The summed E-state index contributed by atoms with van der Waals surface area (Å²) in [6.07, 6.45) is 0.859. The van der Waals surface area contributed by atoms with Gasteiger partial charge in [0.15, 0.2) is 0 Å². The highest BCUT2D eigenvalue weighted by atomic mass is 16.5. The van der Waals surface area contributed by atoms with E-state index >= 15 is 0 Å². The second kappa shape index (κ2) is 10.4. The van der Waals surface area contributed by atoms with E-state index in [2.05, 4.69) is 6.92 Å². The Morgan fingerprint density at radius 3 is 2.32 bits per heavy atom. The Kier molecular flexibility index (Phi) is 7.12.